The van der Waals surface area contributed by atoms with Crippen molar-refractivity contribution in [3.63, 3.8) is 0 Å². The summed E-state index contributed by atoms with van der Waals surface area (Å²) in [4.78, 5) is 36.6. The number of hydrogen-bond acceptors (Lipinski definition) is 4. The van der Waals surface area contributed by atoms with E-state index in [1.165, 1.54) is 4.57 Å². The van der Waals surface area contributed by atoms with Gasteiger partial charge in [-0.2, -0.15) is 0 Å². The Hall–Kier alpha value is -2.19. The van der Waals surface area contributed by atoms with Crippen molar-refractivity contribution in [1.82, 2.24) is 14.5 Å². The summed E-state index contributed by atoms with van der Waals surface area (Å²) < 4.78 is 9.34. The van der Waals surface area contributed by atoms with E-state index in [9.17, 15) is 14.4 Å². The van der Waals surface area contributed by atoms with Gasteiger partial charge in [-0.15, -0.1) is 0 Å². The number of benzene rings is 1. The molecule has 0 radical (unpaired) electrons. The van der Waals surface area contributed by atoms with Crippen LogP contribution in [0, 0.1) is 0 Å². The SMILES string of the molecule is Cn1c(=O)n(C2CCC(=O)NC2=O)c2ccc(CCO[Si](C)(C)C(C)(C)C)cc21. The Kier molecular flexibility index (Phi) is 5.61. The molecule has 0 saturated carbocycles. The fourth-order valence-electron chi connectivity index (χ4n) is 3.43. The summed E-state index contributed by atoms with van der Waals surface area (Å²) in [6.07, 6.45) is 1.34. The van der Waals surface area contributed by atoms with Crippen LogP contribution in [0.15, 0.2) is 23.0 Å². The monoisotopic (exact) mass is 417 g/mol. The van der Waals surface area contributed by atoms with Crippen molar-refractivity contribution in [2.24, 2.45) is 7.05 Å². The van der Waals surface area contributed by atoms with Crippen LogP contribution in [0.4, 0.5) is 0 Å². The molecule has 1 aliphatic rings. The van der Waals surface area contributed by atoms with Crippen LogP contribution in [0.1, 0.15) is 45.2 Å². The first-order chi connectivity index (χ1) is 13.4. The molecule has 8 heteroatoms. The molecule has 2 aromatic rings. The van der Waals surface area contributed by atoms with Gasteiger partial charge in [0, 0.05) is 20.1 Å². The molecule has 2 amide bonds. The minimum Gasteiger partial charge on any atom is -0.416 e. The van der Waals surface area contributed by atoms with Gasteiger partial charge in [0.1, 0.15) is 6.04 Å². The van der Waals surface area contributed by atoms with Crippen LogP contribution in [-0.2, 0) is 27.5 Å². The van der Waals surface area contributed by atoms with Crippen LogP contribution < -0.4 is 11.0 Å². The van der Waals surface area contributed by atoms with E-state index >= 15 is 0 Å². The Bertz CT molecular complexity index is 1010. The van der Waals surface area contributed by atoms with Crippen LogP contribution >= 0.6 is 0 Å². The van der Waals surface area contributed by atoms with Gasteiger partial charge in [-0.1, -0.05) is 26.8 Å². The van der Waals surface area contributed by atoms with Gasteiger partial charge in [-0.05, 0) is 48.7 Å². The number of hydrogen-bond donors (Lipinski definition) is 1. The van der Waals surface area contributed by atoms with Crippen LogP contribution in [0.3, 0.4) is 0 Å². The maximum Gasteiger partial charge on any atom is 0.329 e. The summed E-state index contributed by atoms with van der Waals surface area (Å²) in [5.74, 6) is -0.703. The second kappa shape index (κ2) is 7.57. The van der Waals surface area contributed by atoms with E-state index in [1.54, 1.807) is 11.6 Å². The Morgan fingerprint density at radius 1 is 1.17 bits per heavy atom. The molecule has 0 aliphatic carbocycles. The molecule has 29 heavy (non-hydrogen) atoms. The maximum atomic E-state index is 12.8. The number of aryl methyl sites for hydroxylation is 1. The molecule has 0 spiro atoms. The molecular weight excluding hydrogens is 386 g/mol. The molecule has 2 heterocycles. The molecule has 1 aromatic heterocycles. The smallest absolute Gasteiger partial charge is 0.329 e. The van der Waals surface area contributed by atoms with Crippen molar-refractivity contribution in [2.75, 3.05) is 6.61 Å². The molecule has 1 unspecified atom stereocenters. The first-order valence-corrected chi connectivity index (χ1v) is 13.0. The third-order valence-electron chi connectivity index (χ3n) is 6.34. The summed E-state index contributed by atoms with van der Waals surface area (Å²) in [5.41, 5.74) is 2.34. The second-order valence-electron chi connectivity index (χ2n) is 9.36. The number of carbonyl (C=O) groups excluding carboxylic acids is 2. The van der Waals surface area contributed by atoms with Crippen LogP contribution in [0.2, 0.25) is 18.1 Å². The third kappa shape index (κ3) is 4.09. The highest BCUT2D eigenvalue weighted by atomic mass is 28.4. The number of rotatable bonds is 5. The molecule has 3 rings (SSSR count). The second-order valence-corrected chi connectivity index (χ2v) is 14.2. The van der Waals surface area contributed by atoms with Gasteiger partial charge >= 0.3 is 5.69 Å². The van der Waals surface area contributed by atoms with Gasteiger partial charge in [-0.3, -0.25) is 24.0 Å². The topological polar surface area (TPSA) is 82.3 Å². The number of amides is 2. The summed E-state index contributed by atoms with van der Waals surface area (Å²) in [6.45, 7) is 11.8. The molecule has 1 aliphatic heterocycles. The molecule has 1 saturated heterocycles. The lowest BCUT2D eigenvalue weighted by Gasteiger charge is -2.36. The molecule has 158 valence electrons. The van der Waals surface area contributed by atoms with Gasteiger partial charge in [0.05, 0.1) is 11.0 Å². The number of fused-ring (bicyclic) bond motifs is 1. The Morgan fingerprint density at radius 3 is 2.48 bits per heavy atom. The lowest BCUT2D eigenvalue weighted by molar-refractivity contribution is -0.135. The molecule has 1 atom stereocenters. The summed E-state index contributed by atoms with van der Waals surface area (Å²) in [6, 6.07) is 5.21. The van der Waals surface area contributed by atoms with Crippen molar-refractivity contribution in [2.45, 2.75) is 64.2 Å². The lowest BCUT2D eigenvalue weighted by atomic mass is 10.1. The highest BCUT2D eigenvalue weighted by molar-refractivity contribution is 6.74. The first-order valence-electron chi connectivity index (χ1n) is 10.1. The van der Waals surface area contributed by atoms with Crippen molar-refractivity contribution >= 4 is 31.2 Å². The van der Waals surface area contributed by atoms with E-state index in [4.69, 9.17) is 4.43 Å². The Labute approximate surface area is 172 Å². The predicted molar refractivity (Wildman–Crippen MR) is 115 cm³/mol. The Balaban J connectivity index is 1.85. The predicted octanol–water partition coefficient (Wildman–Crippen LogP) is 2.88. The molecule has 1 N–H and O–H groups in total. The van der Waals surface area contributed by atoms with E-state index in [1.807, 2.05) is 18.2 Å². The van der Waals surface area contributed by atoms with Crippen LogP contribution in [0.5, 0.6) is 0 Å². The van der Waals surface area contributed by atoms with Crippen LogP contribution in [0.25, 0.3) is 11.0 Å². The zero-order valence-corrected chi connectivity index (χ0v) is 19.2. The molecular formula is C21H31N3O4Si. The largest absolute Gasteiger partial charge is 0.416 e. The minimum atomic E-state index is -1.80. The summed E-state index contributed by atoms with van der Waals surface area (Å²) >= 11 is 0. The van der Waals surface area contributed by atoms with E-state index in [0.29, 0.717) is 18.5 Å². The number of imidazole rings is 1. The number of nitrogens with one attached hydrogen (secondary N) is 1. The fourth-order valence-corrected chi connectivity index (χ4v) is 4.48. The van der Waals surface area contributed by atoms with Crippen molar-refractivity contribution in [3.05, 3.63) is 34.2 Å². The first kappa shape index (κ1) is 21.5. The van der Waals surface area contributed by atoms with Gasteiger partial charge < -0.3 is 4.43 Å². The van der Waals surface area contributed by atoms with Crippen LogP contribution in [-0.4, -0.2) is 35.9 Å². The third-order valence-corrected chi connectivity index (χ3v) is 10.9. The quantitative estimate of drug-likeness (QED) is 0.599. The van der Waals surface area contributed by atoms with Crippen molar-refractivity contribution in [3.8, 4) is 0 Å². The molecule has 7 nitrogen and oxygen atoms in total. The molecule has 1 aromatic carbocycles. The maximum absolute atomic E-state index is 12.8. The average molecular weight is 418 g/mol. The van der Waals surface area contributed by atoms with Gasteiger partial charge in [0.15, 0.2) is 8.32 Å². The minimum absolute atomic E-state index is 0.167. The van der Waals surface area contributed by atoms with E-state index in [0.717, 1.165) is 17.5 Å². The summed E-state index contributed by atoms with van der Waals surface area (Å²) in [5, 5.41) is 2.50. The highest BCUT2D eigenvalue weighted by Gasteiger charge is 2.37. The summed E-state index contributed by atoms with van der Waals surface area (Å²) in [7, 11) is -0.0841. The van der Waals surface area contributed by atoms with E-state index in [-0.39, 0.29) is 23.1 Å². The van der Waals surface area contributed by atoms with Gasteiger partial charge in [0.25, 0.3) is 0 Å². The number of aromatic nitrogens is 2. The number of imide groups is 1. The van der Waals surface area contributed by atoms with Crippen molar-refractivity contribution in [1.29, 1.82) is 0 Å². The average Bonchev–Trinajstić information content (AvgIpc) is 2.85. The van der Waals surface area contributed by atoms with E-state index in [2.05, 4.69) is 39.2 Å². The number of carbonyl (C=O) groups is 2. The Morgan fingerprint density at radius 2 is 1.86 bits per heavy atom. The highest BCUT2D eigenvalue weighted by Crippen LogP contribution is 2.36. The lowest BCUT2D eigenvalue weighted by Crippen LogP contribution is -2.44. The van der Waals surface area contributed by atoms with E-state index < -0.39 is 20.3 Å². The zero-order chi connectivity index (χ0) is 21.6. The van der Waals surface area contributed by atoms with Crippen molar-refractivity contribution < 1.29 is 14.0 Å². The number of piperidine rings is 1. The normalized spacial score (nSPS) is 18.3. The van der Waals surface area contributed by atoms with Gasteiger partial charge in [0.2, 0.25) is 11.8 Å². The standard InChI is InChI=1S/C21H31N3O4Si/c1-21(2,3)29(5,6)28-12-11-14-7-8-15-17(13-14)23(4)20(27)24(15)16-9-10-18(25)22-19(16)26/h7-8,13,16H,9-12H2,1-6H3,(H,22,25,26). The molecule has 0 bridgehead atoms. The van der Waals surface area contributed by atoms with Gasteiger partial charge in [-0.25, -0.2) is 4.79 Å². The zero-order valence-electron chi connectivity index (χ0n) is 18.2. The molecule has 1 fully saturated rings. The fraction of sp³-hybridized carbons (Fsp3) is 0.571. The number of nitrogens with zero attached hydrogens (tertiary/aromatic N) is 2.